The van der Waals surface area contributed by atoms with E-state index in [2.05, 4.69) is 12.3 Å². The van der Waals surface area contributed by atoms with Gasteiger partial charge in [-0.3, -0.25) is 10.2 Å². The van der Waals surface area contributed by atoms with Crippen LogP contribution in [0.3, 0.4) is 0 Å². The number of nitrogens with one attached hydrogen (secondary N) is 1. The van der Waals surface area contributed by atoms with Crippen LogP contribution in [0.25, 0.3) is 0 Å². The summed E-state index contributed by atoms with van der Waals surface area (Å²) in [7, 11) is 0. The first-order valence-electron chi connectivity index (χ1n) is 6.57. The maximum absolute atomic E-state index is 11.5. The van der Waals surface area contributed by atoms with Gasteiger partial charge in [-0.2, -0.15) is 0 Å². The van der Waals surface area contributed by atoms with Crippen molar-refractivity contribution in [2.75, 3.05) is 13.2 Å². The van der Waals surface area contributed by atoms with Gasteiger partial charge in [0.05, 0.1) is 13.2 Å². The van der Waals surface area contributed by atoms with Gasteiger partial charge in [0.15, 0.2) is 0 Å². The summed E-state index contributed by atoms with van der Waals surface area (Å²) in [5.74, 6) is 5.55. The fraction of sp³-hybridized carbons (Fsp3) is 0.500. The van der Waals surface area contributed by atoms with E-state index < -0.39 is 0 Å². The Morgan fingerprint density at radius 3 is 2.79 bits per heavy atom. The molecule has 0 atom stereocenters. The van der Waals surface area contributed by atoms with Crippen molar-refractivity contribution >= 4 is 5.91 Å². The average molecular weight is 266 g/mol. The highest BCUT2D eigenvalue weighted by Gasteiger charge is 2.09. The Morgan fingerprint density at radius 1 is 1.37 bits per heavy atom. The molecule has 19 heavy (non-hydrogen) atoms. The van der Waals surface area contributed by atoms with Crippen LogP contribution in [0.15, 0.2) is 18.2 Å². The molecule has 0 bridgehead atoms. The van der Waals surface area contributed by atoms with E-state index in [0.29, 0.717) is 25.4 Å². The lowest BCUT2D eigenvalue weighted by molar-refractivity contribution is 0.0952. The first-order valence-corrected chi connectivity index (χ1v) is 6.57. The number of carbonyl (C=O) groups excluding carboxylic acids is 1. The maximum atomic E-state index is 11.5. The van der Waals surface area contributed by atoms with Crippen molar-refractivity contribution in [3.63, 3.8) is 0 Å². The van der Waals surface area contributed by atoms with Crippen LogP contribution >= 0.6 is 0 Å². The number of amides is 1. The minimum absolute atomic E-state index is 0.321. The van der Waals surface area contributed by atoms with Crippen LogP contribution in [0, 0.1) is 0 Å². The number of rotatable bonds is 8. The quantitative estimate of drug-likeness (QED) is 0.327. The van der Waals surface area contributed by atoms with Gasteiger partial charge in [-0.05, 0) is 31.5 Å². The fourth-order valence-corrected chi connectivity index (χ4v) is 1.64. The second-order valence-electron chi connectivity index (χ2n) is 4.14. The molecule has 106 valence electrons. The van der Waals surface area contributed by atoms with Crippen molar-refractivity contribution in [3.05, 3.63) is 29.3 Å². The summed E-state index contributed by atoms with van der Waals surface area (Å²) in [5, 5.41) is 0. The van der Waals surface area contributed by atoms with Crippen LogP contribution in [0.4, 0.5) is 0 Å². The van der Waals surface area contributed by atoms with E-state index in [9.17, 15) is 4.79 Å². The molecule has 0 aliphatic carbocycles. The third-order valence-corrected chi connectivity index (χ3v) is 2.65. The topological polar surface area (TPSA) is 73.6 Å². The molecule has 0 fully saturated rings. The molecule has 0 aliphatic rings. The molecule has 0 heterocycles. The summed E-state index contributed by atoms with van der Waals surface area (Å²) in [6.07, 6.45) is 2.11. The molecule has 0 saturated heterocycles. The highest BCUT2D eigenvalue weighted by Crippen LogP contribution is 2.21. The van der Waals surface area contributed by atoms with Crippen LogP contribution in [0.5, 0.6) is 5.75 Å². The van der Waals surface area contributed by atoms with Crippen molar-refractivity contribution in [1.82, 2.24) is 5.43 Å². The predicted octanol–water partition coefficient (Wildman–Crippen LogP) is 2.01. The van der Waals surface area contributed by atoms with Gasteiger partial charge in [-0.1, -0.05) is 13.3 Å². The van der Waals surface area contributed by atoms with E-state index in [1.54, 1.807) is 18.2 Å². The smallest absolute Gasteiger partial charge is 0.265 e. The second kappa shape index (κ2) is 8.50. The van der Waals surface area contributed by atoms with Crippen LogP contribution in [-0.4, -0.2) is 19.1 Å². The Hall–Kier alpha value is -1.59. The number of hydrogen-bond acceptors (Lipinski definition) is 4. The first kappa shape index (κ1) is 15.5. The third kappa shape index (κ3) is 4.89. The van der Waals surface area contributed by atoms with Gasteiger partial charge in [0, 0.05) is 17.7 Å². The Balaban J connectivity index is 2.79. The predicted molar refractivity (Wildman–Crippen MR) is 73.8 cm³/mol. The molecule has 1 aromatic rings. The van der Waals surface area contributed by atoms with E-state index in [1.807, 2.05) is 6.92 Å². The summed E-state index contributed by atoms with van der Waals surface area (Å²) in [6.45, 7) is 5.74. The monoisotopic (exact) mass is 266 g/mol. The van der Waals surface area contributed by atoms with E-state index in [0.717, 1.165) is 24.2 Å². The number of benzene rings is 1. The highest BCUT2D eigenvalue weighted by molar-refractivity contribution is 5.94. The van der Waals surface area contributed by atoms with E-state index in [1.165, 1.54) is 0 Å². The molecule has 0 aliphatic heterocycles. The van der Waals surface area contributed by atoms with Crippen LogP contribution in [0.1, 0.15) is 42.6 Å². The molecule has 1 aromatic carbocycles. The summed E-state index contributed by atoms with van der Waals surface area (Å²) in [6, 6.07) is 5.20. The SMILES string of the molecule is CCCCOCc1cc(C(=O)NN)ccc1OCC. The molecule has 0 aromatic heterocycles. The fourth-order valence-electron chi connectivity index (χ4n) is 1.64. The average Bonchev–Trinajstić information content (AvgIpc) is 2.44. The van der Waals surface area contributed by atoms with Gasteiger partial charge < -0.3 is 9.47 Å². The molecule has 1 rings (SSSR count). The molecule has 5 heteroatoms. The van der Waals surface area contributed by atoms with Crippen LogP contribution in [0.2, 0.25) is 0 Å². The zero-order valence-corrected chi connectivity index (χ0v) is 11.6. The summed E-state index contributed by atoms with van der Waals surface area (Å²) in [4.78, 5) is 11.5. The number of nitrogen functional groups attached to an aromatic ring is 1. The second-order valence-corrected chi connectivity index (χ2v) is 4.14. The van der Waals surface area contributed by atoms with Gasteiger partial charge >= 0.3 is 0 Å². The number of nitrogens with two attached hydrogens (primary N) is 1. The van der Waals surface area contributed by atoms with E-state index in [4.69, 9.17) is 15.3 Å². The summed E-state index contributed by atoms with van der Waals surface area (Å²) < 4.78 is 11.1. The first-order chi connectivity index (χ1) is 9.22. The molecule has 0 saturated carbocycles. The molecular weight excluding hydrogens is 244 g/mol. The van der Waals surface area contributed by atoms with Crippen molar-refractivity contribution in [1.29, 1.82) is 0 Å². The minimum Gasteiger partial charge on any atom is -0.494 e. The number of unbranched alkanes of at least 4 members (excludes halogenated alkanes) is 1. The zero-order chi connectivity index (χ0) is 14.1. The summed E-state index contributed by atoms with van der Waals surface area (Å²) >= 11 is 0. The Labute approximate surface area is 114 Å². The molecule has 5 nitrogen and oxygen atoms in total. The number of hydrazine groups is 1. The molecule has 1 amide bonds. The summed E-state index contributed by atoms with van der Waals surface area (Å²) in [5.41, 5.74) is 3.48. The Bertz CT molecular complexity index is 408. The molecule has 0 spiro atoms. The third-order valence-electron chi connectivity index (χ3n) is 2.65. The van der Waals surface area contributed by atoms with E-state index >= 15 is 0 Å². The van der Waals surface area contributed by atoms with Gasteiger partial charge in [0.2, 0.25) is 0 Å². The van der Waals surface area contributed by atoms with Crippen LogP contribution in [-0.2, 0) is 11.3 Å². The number of ether oxygens (including phenoxy) is 2. The standard InChI is InChI=1S/C14H22N2O3/c1-3-5-8-18-10-12-9-11(14(17)16-15)6-7-13(12)19-4-2/h6-7,9H,3-5,8,10,15H2,1-2H3,(H,16,17). The zero-order valence-electron chi connectivity index (χ0n) is 11.6. The molecule has 0 radical (unpaired) electrons. The van der Waals surface area contributed by atoms with E-state index in [-0.39, 0.29) is 5.91 Å². The van der Waals surface area contributed by atoms with Crippen molar-refractivity contribution < 1.29 is 14.3 Å². The largest absolute Gasteiger partial charge is 0.494 e. The molecule has 0 unspecified atom stereocenters. The highest BCUT2D eigenvalue weighted by atomic mass is 16.5. The van der Waals surface area contributed by atoms with Crippen molar-refractivity contribution in [2.45, 2.75) is 33.3 Å². The minimum atomic E-state index is -0.321. The Morgan fingerprint density at radius 2 is 2.16 bits per heavy atom. The Kier molecular flexibility index (Phi) is 6.92. The van der Waals surface area contributed by atoms with Gasteiger partial charge in [-0.25, -0.2) is 5.84 Å². The lowest BCUT2D eigenvalue weighted by atomic mass is 10.1. The number of hydrogen-bond donors (Lipinski definition) is 2. The van der Waals surface area contributed by atoms with Crippen molar-refractivity contribution in [2.24, 2.45) is 5.84 Å². The lowest BCUT2D eigenvalue weighted by Crippen LogP contribution is -2.30. The maximum Gasteiger partial charge on any atom is 0.265 e. The number of carbonyl (C=O) groups is 1. The van der Waals surface area contributed by atoms with Crippen molar-refractivity contribution in [3.8, 4) is 5.75 Å². The van der Waals surface area contributed by atoms with Gasteiger partial charge in [0.1, 0.15) is 5.75 Å². The lowest BCUT2D eigenvalue weighted by Gasteiger charge is -2.12. The van der Waals surface area contributed by atoms with Gasteiger partial charge in [-0.15, -0.1) is 0 Å². The molecular formula is C14H22N2O3. The normalized spacial score (nSPS) is 10.3. The van der Waals surface area contributed by atoms with Crippen LogP contribution < -0.4 is 16.0 Å². The molecule has 3 N–H and O–H groups in total. The van der Waals surface area contributed by atoms with Gasteiger partial charge in [0.25, 0.3) is 5.91 Å².